The van der Waals surface area contributed by atoms with Gasteiger partial charge in [-0.1, -0.05) is 18.2 Å². The highest BCUT2D eigenvalue weighted by atomic mass is 16.5. The number of aromatic hydroxyl groups is 2. The van der Waals surface area contributed by atoms with Crippen LogP contribution < -0.4 is 0 Å². The van der Waals surface area contributed by atoms with E-state index in [2.05, 4.69) is 19.9 Å². The number of esters is 1. The Bertz CT molecular complexity index is 1580. The van der Waals surface area contributed by atoms with Gasteiger partial charge in [0.15, 0.2) is 17.5 Å². The molecule has 0 unspecified atom stereocenters. The van der Waals surface area contributed by atoms with Crippen molar-refractivity contribution in [1.29, 1.82) is 0 Å². The normalized spacial score (nSPS) is 10.9. The summed E-state index contributed by atoms with van der Waals surface area (Å²) in [4.78, 5) is 29.9. The third-order valence-electron chi connectivity index (χ3n) is 5.59. The average molecular weight is 464 g/mol. The Morgan fingerprint density at radius 2 is 1.51 bits per heavy atom. The van der Waals surface area contributed by atoms with E-state index in [0.717, 1.165) is 5.56 Å². The number of nitrogens with zero attached hydrogens (tertiary/aromatic N) is 4. The van der Waals surface area contributed by atoms with Gasteiger partial charge in [0.25, 0.3) is 0 Å². The van der Waals surface area contributed by atoms with Gasteiger partial charge in [-0.25, -0.2) is 19.7 Å². The van der Waals surface area contributed by atoms with Gasteiger partial charge in [-0.05, 0) is 61.0 Å². The second-order valence-corrected chi connectivity index (χ2v) is 7.93. The molecule has 0 spiro atoms. The lowest BCUT2D eigenvalue weighted by Gasteiger charge is -2.11. The van der Waals surface area contributed by atoms with Crippen molar-refractivity contribution < 1.29 is 19.7 Å². The lowest BCUT2D eigenvalue weighted by molar-refractivity contribution is 0.0600. The molecule has 0 bridgehead atoms. The molecule has 0 saturated heterocycles. The van der Waals surface area contributed by atoms with Gasteiger partial charge in [0, 0.05) is 17.1 Å². The largest absolute Gasteiger partial charge is 0.507 e. The summed E-state index contributed by atoms with van der Waals surface area (Å²) in [6.45, 7) is 1.87. The SMILES string of the molecule is COC(=O)c1ccc(-c2nc(-c3ccc(C)cc3O)nc(-c3ccc4ncccc4c3O)n2)cc1. The van der Waals surface area contributed by atoms with Gasteiger partial charge >= 0.3 is 5.97 Å². The van der Waals surface area contributed by atoms with Crippen molar-refractivity contribution in [1.82, 2.24) is 19.9 Å². The smallest absolute Gasteiger partial charge is 0.337 e. The molecular formula is C27H20N4O4. The van der Waals surface area contributed by atoms with Crippen molar-refractivity contribution in [2.45, 2.75) is 6.92 Å². The number of carbonyl (C=O) groups is 1. The molecule has 0 radical (unpaired) electrons. The van der Waals surface area contributed by atoms with Crippen LogP contribution >= 0.6 is 0 Å². The van der Waals surface area contributed by atoms with Crippen molar-refractivity contribution in [3.8, 4) is 45.7 Å². The molecule has 8 nitrogen and oxygen atoms in total. The van der Waals surface area contributed by atoms with E-state index in [9.17, 15) is 15.0 Å². The topological polar surface area (TPSA) is 118 Å². The summed E-state index contributed by atoms with van der Waals surface area (Å²) >= 11 is 0. The third-order valence-corrected chi connectivity index (χ3v) is 5.59. The van der Waals surface area contributed by atoms with Crippen molar-refractivity contribution in [2.75, 3.05) is 7.11 Å². The van der Waals surface area contributed by atoms with E-state index in [1.807, 2.05) is 13.0 Å². The molecule has 0 atom stereocenters. The van der Waals surface area contributed by atoms with Crippen LogP contribution in [0.5, 0.6) is 11.5 Å². The molecule has 172 valence electrons. The number of hydrogen-bond donors (Lipinski definition) is 2. The fourth-order valence-corrected chi connectivity index (χ4v) is 3.77. The van der Waals surface area contributed by atoms with Gasteiger partial charge in [-0.2, -0.15) is 0 Å². The lowest BCUT2D eigenvalue weighted by Crippen LogP contribution is -2.02. The first-order valence-corrected chi connectivity index (χ1v) is 10.8. The number of rotatable bonds is 4. The average Bonchev–Trinajstić information content (AvgIpc) is 2.88. The minimum Gasteiger partial charge on any atom is -0.507 e. The minimum absolute atomic E-state index is 0.00660. The summed E-state index contributed by atoms with van der Waals surface area (Å²) in [5.41, 5.74) is 3.36. The molecule has 0 saturated carbocycles. The summed E-state index contributed by atoms with van der Waals surface area (Å²) in [5, 5.41) is 22.1. The Hall–Kier alpha value is -4.85. The number of methoxy groups -OCH3 is 1. The predicted molar refractivity (Wildman–Crippen MR) is 131 cm³/mol. The van der Waals surface area contributed by atoms with Crippen molar-refractivity contribution in [2.24, 2.45) is 0 Å². The number of aryl methyl sites for hydroxylation is 1. The molecule has 5 aromatic rings. The predicted octanol–water partition coefficient (Wildman–Crippen LogP) is 4.93. The molecule has 0 aliphatic rings. The number of carbonyl (C=O) groups excluding carboxylic acids is 1. The molecule has 8 heteroatoms. The first kappa shape index (κ1) is 22.0. The van der Waals surface area contributed by atoms with Gasteiger partial charge in [-0.3, -0.25) is 4.98 Å². The van der Waals surface area contributed by atoms with Crippen LogP contribution in [0.4, 0.5) is 0 Å². The second kappa shape index (κ2) is 8.83. The quantitative estimate of drug-likeness (QED) is 0.360. The van der Waals surface area contributed by atoms with Gasteiger partial charge in [-0.15, -0.1) is 0 Å². The molecule has 2 heterocycles. The Labute approximate surface area is 200 Å². The Balaban J connectivity index is 1.72. The summed E-state index contributed by atoms with van der Waals surface area (Å²) in [6, 6.07) is 18.8. The molecule has 0 fully saturated rings. The van der Waals surface area contributed by atoms with Gasteiger partial charge in [0.1, 0.15) is 11.5 Å². The van der Waals surface area contributed by atoms with Crippen LogP contribution in [0.2, 0.25) is 0 Å². The summed E-state index contributed by atoms with van der Waals surface area (Å²) in [5.74, 6) is 0.351. The molecule has 2 N–H and O–H groups in total. The number of benzene rings is 3. The number of ether oxygens (including phenoxy) is 1. The maximum Gasteiger partial charge on any atom is 0.337 e. The van der Waals surface area contributed by atoms with E-state index in [4.69, 9.17) is 4.74 Å². The number of aromatic nitrogens is 4. The van der Waals surface area contributed by atoms with Crippen LogP contribution in [0.25, 0.3) is 45.1 Å². The maximum absolute atomic E-state index is 11.8. The van der Waals surface area contributed by atoms with E-state index >= 15 is 0 Å². The highest BCUT2D eigenvalue weighted by Gasteiger charge is 2.18. The van der Waals surface area contributed by atoms with Crippen LogP contribution in [0.15, 0.2) is 72.9 Å². The number of phenolic OH excluding ortho intramolecular Hbond substituents is 2. The van der Waals surface area contributed by atoms with E-state index in [1.54, 1.807) is 66.9 Å². The van der Waals surface area contributed by atoms with E-state index in [0.29, 0.717) is 39.0 Å². The fourth-order valence-electron chi connectivity index (χ4n) is 3.77. The molecule has 2 aromatic heterocycles. The zero-order chi connectivity index (χ0) is 24.5. The first-order chi connectivity index (χ1) is 16.9. The number of fused-ring (bicyclic) bond motifs is 1. The van der Waals surface area contributed by atoms with Crippen molar-refractivity contribution in [3.63, 3.8) is 0 Å². The summed E-state index contributed by atoms with van der Waals surface area (Å²) in [7, 11) is 1.32. The number of pyridine rings is 1. The van der Waals surface area contributed by atoms with E-state index < -0.39 is 5.97 Å². The maximum atomic E-state index is 11.8. The molecule has 35 heavy (non-hydrogen) atoms. The van der Waals surface area contributed by atoms with Crippen LogP contribution in [-0.2, 0) is 4.74 Å². The molecule has 0 aliphatic carbocycles. The van der Waals surface area contributed by atoms with Gasteiger partial charge < -0.3 is 14.9 Å². The summed E-state index contributed by atoms with van der Waals surface area (Å²) in [6.07, 6.45) is 1.65. The lowest BCUT2D eigenvalue weighted by atomic mass is 10.1. The molecule has 3 aromatic carbocycles. The highest BCUT2D eigenvalue weighted by molar-refractivity contribution is 5.92. The third kappa shape index (κ3) is 4.13. The van der Waals surface area contributed by atoms with Crippen LogP contribution in [0.1, 0.15) is 15.9 Å². The summed E-state index contributed by atoms with van der Waals surface area (Å²) < 4.78 is 4.77. The number of hydrogen-bond acceptors (Lipinski definition) is 8. The number of phenols is 2. The molecule has 0 amide bonds. The molecule has 5 rings (SSSR count). The van der Waals surface area contributed by atoms with E-state index in [1.165, 1.54) is 7.11 Å². The standard InChI is InChI=1S/C27H20N4O4/c1-15-5-10-19(22(32)14-15)25-29-24(16-6-8-17(9-7-16)27(34)35-2)30-26(31-25)20-11-12-21-18(23(20)33)4-3-13-28-21/h3-14,32-33H,1-2H3. The minimum atomic E-state index is -0.451. The molecular weight excluding hydrogens is 444 g/mol. The second-order valence-electron chi connectivity index (χ2n) is 7.93. The van der Waals surface area contributed by atoms with Crippen molar-refractivity contribution >= 4 is 16.9 Å². The Morgan fingerprint density at radius 1 is 0.829 bits per heavy atom. The van der Waals surface area contributed by atoms with Crippen LogP contribution in [-0.4, -0.2) is 43.2 Å². The van der Waals surface area contributed by atoms with Gasteiger partial charge in [0.2, 0.25) is 0 Å². The van der Waals surface area contributed by atoms with Gasteiger partial charge in [0.05, 0.1) is 29.3 Å². The van der Waals surface area contributed by atoms with Crippen molar-refractivity contribution in [3.05, 3.63) is 84.1 Å². The fraction of sp³-hybridized carbons (Fsp3) is 0.0741. The van der Waals surface area contributed by atoms with Crippen LogP contribution in [0, 0.1) is 6.92 Å². The van der Waals surface area contributed by atoms with Crippen LogP contribution in [0.3, 0.4) is 0 Å². The zero-order valence-corrected chi connectivity index (χ0v) is 18.9. The highest BCUT2D eigenvalue weighted by Crippen LogP contribution is 2.36. The molecule has 0 aliphatic heterocycles. The Morgan fingerprint density at radius 3 is 2.23 bits per heavy atom. The Kier molecular flexibility index (Phi) is 5.54. The van der Waals surface area contributed by atoms with E-state index in [-0.39, 0.29) is 23.1 Å². The first-order valence-electron chi connectivity index (χ1n) is 10.8. The zero-order valence-electron chi connectivity index (χ0n) is 18.9. The monoisotopic (exact) mass is 464 g/mol.